The van der Waals surface area contributed by atoms with Gasteiger partial charge in [0.05, 0.1) is 15.8 Å². The Morgan fingerprint density at radius 3 is 2.77 bits per heavy atom. The maximum atomic E-state index is 12.2. The van der Waals surface area contributed by atoms with Crippen LogP contribution in [0, 0.1) is 0 Å². The fourth-order valence-electron chi connectivity index (χ4n) is 1.69. The van der Waals surface area contributed by atoms with Crippen LogP contribution >= 0.6 is 23.4 Å². The number of imidazole rings is 1. The second-order valence-electron chi connectivity index (χ2n) is 4.57. The predicted molar refractivity (Wildman–Crippen MR) is 85.6 cm³/mol. The van der Waals surface area contributed by atoms with Crippen molar-refractivity contribution in [2.45, 2.75) is 17.3 Å². The number of carboxylic acids is 1. The lowest BCUT2D eigenvalue weighted by Gasteiger charge is -2.12. The molecule has 1 atom stereocenters. The van der Waals surface area contributed by atoms with Gasteiger partial charge in [-0.2, -0.15) is 0 Å². The monoisotopic (exact) mass is 339 g/mol. The van der Waals surface area contributed by atoms with E-state index in [1.54, 1.807) is 25.4 Å². The summed E-state index contributed by atoms with van der Waals surface area (Å²) in [6.07, 6.45) is 3.45. The molecule has 0 aliphatic heterocycles. The van der Waals surface area contributed by atoms with Crippen LogP contribution in [0.15, 0.2) is 35.7 Å². The van der Waals surface area contributed by atoms with Gasteiger partial charge in [0.15, 0.2) is 5.16 Å². The Bertz CT molecular complexity index is 717. The molecule has 0 saturated heterocycles. The zero-order chi connectivity index (χ0) is 16.3. The summed E-state index contributed by atoms with van der Waals surface area (Å²) in [4.78, 5) is 27.3. The van der Waals surface area contributed by atoms with Crippen LogP contribution < -0.4 is 5.32 Å². The summed E-state index contributed by atoms with van der Waals surface area (Å²) in [6.45, 7) is 1.75. The first-order valence-electron chi connectivity index (χ1n) is 6.36. The molecule has 1 aromatic heterocycles. The number of anilines is 1. The number of carbonyl (C=O) groups excluding carboxylic acids is 1. The van der Waals surface area contributed by atoms with Crippen LogP contribution in [0.2, 0.25) is 5.02 Å². The second-order valence-corrected chi connectivity index (χ2v) is 6.28. The smallest absolute Gasteiger partial charge is 0.337 e. The fraction of sp³-hybridized carbons (Fsp3) is 0.214. The number of rotatable bonds is 5. The van der Waals surface area contributed by atoms with Gasteiger partial charge < -0.3 is 15.0 Å². The van der Waals surface area contributed by atoms with Crippen LogP contribution in [-0.2, 0) is 11.8 Å². The minimum atomic E-state index is -1.14. The van der Waals surface area contributed by atoms with Crippen LogP contribution in [0.1, 0.15) is 17.3 Å². The van der Waals surface area contributed by atoms with Crippen molar-refractivity contribution in [3.05, 3.63) is 41.2 Å². The van der Waals surface area contributed by atoms with E-state index in [0.29, 0.717) is 5.69 Å². The number of carboxylic acid groups (broad SMARTS) is 1. The summed E-state index contributed by atoms with van der Waals surface area (Å²) in [5, 5.41) is 12.2. The molecule has 1 aromatic carbocycles. The largest absolute Gasteiger partial charge is 0.478 e. The number of amides is 1. The molecule has 2 N–H and O–H groups in total. The molecule has 1 amide bonds. The fourth-order valence-corrected chi connectivity index (χ4v) is 2.72. The highest BCUT2D eigenvalue weighted by atomic mass is 35.5. The molecule has 22 heavy (non-hydrogen) atoms. The molecule has 1 unspecified atom stereocenters. The van der Waals surface area contributed by atoms with Crippen molar-refractivity contribution in [2.75, 3.05) is 5.32 Å². The van der Waals surface area contributed by atoms with Crippen LogP contribution in [0.5, 0.6) is 0 Å². The molecule has 1 heterocycles. The summed E-state index contributed by atoms with van der Waals surface area (Å²) in [6, 6.07) is 4.34. The van der Waals surface area contributed by atoms with Gasteiger partial charge in [-0.25, -0.2) is 9.78 Å². The van der Waals surface area contributed by atoms with E-state index >= 15 is 0 Å². The average molecular weight is 340 g/mol. The van der Waals surface area contributed by atoms with E-state index in [9.17, 15) is 9.59 Å². The third kappa shape index (κ3) is 3.80. The van der Waals surface area contributed by atoms with Crippen LogP contribution in [0.25, 0.3) is 0 Å². The van der Waals surface area contributed by atoms with Gasteiger partial charge in [-0.1, -0.05) is 23.4 Å². The summed E-state index contributed by atoms with van der Waals surface area (Å²) in [7, 11) is 1.85. The van der Waals surface area contributed by atoms with Crippen molar-refractivity contribution in [3.63, 3.8) is 0 Å². The first kappa shape index (κ1) is 16.4. The Labute approximate surface area is 136 Å². The van der Waals surface area contributed by atoms with Crippen molar-refractivity contribution in [3.8, 4) is 0 Å². The summed E-state index contributed by atoms with van der Waals surface area (Å²) < 4.78 is 1.82. The van der Waals surface area contributed by atoms with Gasteiger partial charge in [-0.05, 0) is 25.1 Å². The number of carbonyl (C=O) groups is 2. The number of aryl methyl sites for hydroxylation is 1. The highest BCUT2D eigenvalue weighted by Crippen LogP contribution is 2.24. The number of thioether (sulfide) groups is 1. The molecule has 8 heteroatoms. The first-order chi connectivity index (χ1) is 10.4. The van der Waals surface area contributed by atoms with Crippen molar-refractivity contribution >= 4 is 40.9 Å². The summed E-state index contributed by atoms with van der Waals surface area (Å²) >= 11 is 7.11. The van der Waals surface area contributed by atoms with E-state index in [-0.39, 0.29) is 21.7 Å². The molecular formula is C14H14ClN3O3S. The van der Waals surface area contributed by atoms with Crippen molar-refractivity contribution in [2.24, 2.45) is 7.05 Å². The second kappa shape index (κ2) is 6.85. The van der Waals surface area contributed by atoms with E-state index in [0.717, 1.165) is 5.16 Å². The van der Waals surface area contributed by atoms with Gasteiger partial charge in [0, 0.05) is 25.1 Å². The molecule has 0 saturated carbocycles. The molecular weight excluding hydrogens is 326 g/mol. The van der Waals surface area contributed by atoms with E-state index in [1.807, 2.05) is 11.6 Å². The molecule has 0 aliphatic carbocycles. The number of hydrogen-bond acceptors (Lipinski definition) is 4. The van der Waals surface area contributed by atoms with Crippen molar-refractivity contribution in [1.29, 1.82) is 0 Å². The van der Waals surface area contributed by atoms with E-state index in [2.05, 4.69) is 10.3 Å². The van der Waals surface area contributed by atoms with Crippen molar-refractivity contribution in [1.82, 2.24) is 9.55 Å². The van der Waals surface area contributed by atoms with E-state index < -0.39 is 5.97 Å². The molecule has 0 spiro atoms. The normalized spacial score (nSPS) is 12.0. The Hall–Kier alpha value is -1.99. The lowest BCUT2D eigenvalue weighted by molar-refractivity contribution is -0.115. The van der Waals surface area contributed by atoms with Gasteiger partial charge in [0.2, 0.25) is 5.91 Å². The number of halogens is 1. The molecule has 116 valence electrons. The van der Waals surface area contributed by atoms with Gasteiger partial charge in [-0.15, -0.1) is 0 Å². The zero-order valence-corrected chi connectivity index (χ0v) is 13.5. The molecule has 0 radical (unpaired) electrons. The molecule has 2 aromatic rings. The molecule has 2 rings (SSSR count). The summed E-state index contributed by atoms with van der Waals surface area (Å²) in [5.74, 6) is -1.39. The minimum absolute atomic E-state index is 0.0520. The Balaban J connectivity index is 2.07. The standard InChI is InChI=1S/C14H14ClN3O3S/c1-8(22-14-16-5-6-18(14)2)12(19)17-9-3-4-11(15)10(7-9)13(20)21/h3-8H,1-2H3,(H,17,19)(H,20,21). The van der Waals surface area contributed by atoms with Crippen molar-refractivity contribution < 1.29 is 14.7 Å². The van der Waals surface area contributed by atoms with Gasteiger partial charge in [-0.3, -0.25) is 4.79 Å². The van der Waals surface area contributed by atoms with E-state index in [1.165, 1.54) is 23.9 Å². The third-order valence-corrected chi connectivity index (χ3v) is 4.39. The zero-order valence-electron chi connectivity index (χ0n) is 11.9. The third-order valence-electron chi connectivity index (χ3n) is 2.89. The minimum Gasteiger partial charge on any atom is -0.478 e. The van der Waals surface area contributed by atoms with Gasteiger partial charge in [0.1, 0.15) is 0 Å². The lowest BCUT2D eigenvalue weighted by Crippen LogP contribution is -2.23. The number of aromatic nitrogens is 2. The van der Waals surface area contributed by atoms with Crippen LogP contribution in [0.4, 0.5) is 5.69 Å². The van der Waals surface area contributed by atoms with Crippen LogP contribution in [0.3, 0.4) is 0 Å². The topological polar surface area (TPSA) is 84.2 Å². The number of nitrogens with one attached hydrogen (secondary N) is 1. The Morgan fingerprint density at radius 2 is 2.18 bits per heavy atom. The number of hydrogen-bond donors (Lipinski definition) is 2. The number of benzene rings is 1. The average Bonchev–Trinajstić information content (AvgIpc) is 2.86. The summed E-state index contributed by atoms with van der Waals surface area (Å²) in [5.41, 5.74) is 0.336. The number of aromatic carboxylic acids is 1. The maximum Gasteiger partial charge on any atom is 0.337 e. The van der Waals surface area contributed by atoms with Gasteiger partial charge in [0.25, 0.3) is 0 Å². The van der Waals surface area contributed by atoms with Gasteiger partial charge >= 0.3 is 5.97 Å². The number of nitrogens with zero attached hydrogens (tertiary/aromatic N) is 2. The molecule has 0 bridgehead atoms. The Morgan fingerprint density at radius 1 is 1.45 bits per heavy atom. The van der Waals surface area contributed by atoms with E-state index in [4.69, 9.17) is 16.7 Å². The maximum absolute atomic E-state index is 12.2. The van der Waals surface area contributed by atoms with Crippen LogP contribution in [-0.4, -0.2) is 31.8 Å². The molecule has 0 fully saturated rings. The Kier molecular flexibility index (Phi) is 5.10. The lowest BCUT2D eigenvalue weighted by atomic mass is 10.2. The molecule has 6 nitrogen and oxygen atoms in total. The molecule has 0 aliphatic rings. The highest BCUT2D eigenvalue weighted by Gasteiger charge is 2.18. The highest BCUT2D eigenvalue weighted by molar-refractivity contribution is 8.00. The quantitative estimate of drug-likeness (QED) is 0.818. The SMILES string of the molecule is CC(Sc1nccn1C)C(=O)Nc1ccc(Cl)c(C(=O)O)c1. The predicted octanol–water partition coefficient (Wildman–Crippen LogP) is 2.89. The first-order valence-corrected chi connectivity index (χ1v) is 7.62.